The maximum Gasteiger partial charge on any atom is 0.264 e. The zero-order chi connectivity index (χ0) is 9.07. The number of alkyl halides is 2. The maximum atomic E-state index is 10.3. The topological polar surface area (TPSA) is 54.4 Å². The van der Waals surface area contributed by atoms with Gasteiger partial charge >= 0.3 is 0 Å². The van der Waals surface area contributed by atoms with Gasteiger partial charge in [0.2, 0.25) is 0 Å². The van der Waals surface area contributed by atoms with Crippen LogP contribution in [0.15, 0.2) is 0 Å². The zero-order valence-electron chi connectivity index (χ0n) is 6.00. The summed E-state index contributed by atoms with van der Waals surface area (Å²) in [7, 11) is -3.76. The molecule has 0 heterocycles. The average molecular weight is 404 g/mol. The van der Waals surface area contributed by atoms with Crippen molar-refractivity contribution in [3.8, 4) is 0 Å². The molecule has 2 atom stereocenters. The summed E-state index contributed by atoms with van der Waals surface area (Å²) in [5.74, 6) is -0.131. The summed E-state index contributed by atoms with van der Waals surface area (Å²) in [5.41, 5.74) is 0. The first-order chi connectivity index (χ1) is 4.83. The molecule has 0 aliphatic heterocycles. The van der Waals surface area contributed by atoms with Crippen molar-refractivity contribution < 1.29 is 13.0 Å². The van der Waals surface area contributed by atoms with Crippen LogP contribution in [0.25, 0.3) is 0 Å². The summed E-state index contributed by atoms with van der Waals surface area (Å²) < 4.78 is 29.8. The van der Waals surface area contributed by atoms with Gasteiger partial charge in [0, 0.05) is 7.85 Å². The van der Waals surface area contributed by atoms with E-state index in [0.29, 0.717) is 14.3 Å². The quantitative estimate of drug-likeness (QED) is 0.443. The van der Waals surface area contributed by atoms with Gasteiger partial charge in [-0.3, -0.25) is 4.55 Å². The minimum absolute atomic E-state index is 0.131. The molecule has 1 N–H and O–H groups in total. The van der Waals surface area contributed by atoms with E-state index in [0.717, 1.165) is 0 Å². The Bertz CT molecular complexity index is 200. The van der Waals surface area contributed by atoms with Crippen LogP contribution in [0.2, 0.25) is 0 Å². The van der Waals surface area contributed by atoms with Crippen LogP contribution in [0.1, 0.15) is 13.3 Å². The monoisotopic (exact) mass is 404 g/mol. The average Bonchev–Trinajstić information content (AvgIpc) is 1.80. The van der Waals surface area contributed by atoms with E-state index in [-0.39, 0.29) is 5.75 Å². The Labute approximate surface area is 94.4 Å². The van der Waals surface area contributed by atoms with Crippen molar-refractivity contribution in [2.75, 3.05) is 5.75 Å². The number of hydrogen-bond acceptors (Lipinski definition) is 2. The molecule has 6 heteroatoms. The molecule has 0 spiro atoms. The Morgan fingerprint density at radius 3 is 2.18 bits per heavy atom. The van der Waals surface area contributed by atoms with E-state index in [1.54, 1.807) is 0 Å². The molecule has 0 amide bonds. The van der Waals surface area contributed by atoms with Gasteiger partial charge in [-0.1, -0.05) is 52.1 Å². The van der Waals surface area contributed by atoms with Gasteiger partial charge < -0.3 is 0 Å². The first-order valence-corrected chi connectivity index (χ1v) is 7.16. The largest absolute Gasteiger partial charge is 0.286 e. The van der Waals surface area contributed by atoms with Crippen LogP contribution in [0.3, 0.4) is 0 Å². The summed E-state index contributed by atoms with van der Waals surface area (Å²) >= 11 is 4.42. The summed E-state index contributed by atoms with van der Waals surface area (Å²) in [5, 5.41) is 0. The highest BCUT2D eigenvalue weighted by Gasteiger charge is 2.13. The van der Waals surface area contributed by atoms with Gasteiger partial charge in [-0.15, -0.1) is 0 Å². The van der Waals surface area contributed by atoms with E-state index in [1.807, 2.05) is 6.92 Å². The highest BCUT2D eigenvalue weighted by molar-refractivity contribution is 14.1. The van der Waals surface area contributed by atoms with Crippen LogP contribution >= 0.6 is 45.2 Å². The van der Waals surface area contributed by atoms with Gasteiger partial charge in [0.25, 0.3) is 10.1 Å². The summed E-state index contributed by atoms with van der Waals surface area (Å²) in [6.45, 7) is 2.02. The fourth-order valence-corrected chi connectivity index (χ4v) is 2.14. The lowest BCUT2D eigenvalue weighted by Crippen LogP contribution is -2.15. The van der Waals surface area contributed by atoms with Crippen LogP contribution in [-0.4, -0.2) is 26.6 Å². The van der Waals surface area contributed by atoms with Crippen molar-refractivity contribution in [1.82, 2.24) is 0 Å². The molecule has 0 rings (SSSR count). The van der Waals surface area contributed by atoms with Gasteiger partial charge in [0.1, 0.15) is 0 Å². The fourth-order valence-electron chi connectivity index (χ4n) is 0.491. The first-order valence-electron chi connectivity index (χ1n) is 3.06. The van der Waals surface area contributed by atoms with E-state index < -0.39 is 10.1 Å². The molecule has 0 saturated heterocycles. The van der Waals surface area contributed by atoms with Gasteiger partial charge in [-0.05, 0) is 6.42 Å². The highest BCUT2D eigenvalue weighted by atomic mass is 127. The Hall–Kier alpha value is 1.37. The van der Waals surface area contributed by atoms with Gasteiger partial charge in [-0.2, -0.15) is 8.42 Å². The number of hydrogen-bond donors (Lipinski definition) is 1. The molecule has 0 radical (unpaired) electrons. The predicted octanol–water partition coefficient (Wildman–Crippen LogP) is 1.89. The van der Waals surface area contributed by atoms with Crippen LogP contribution in [0.5, 0.6) is 0 Å². The maximum absolute atomic E-state index is 10.3. The Balaban J connectivity index is 3.72. The minimum atomic E-state index is -3.76. The summed E-state index contributed by atoms with van der Waals surface area (Å²) in [6, 6.07) is 0. The molecule has 0 fully saturated rings. The Morgan fingerprint density at radius 2 is 1.91 bits per heavy atom. The van der Waals surface area contributed by atoms with E-state index in [1.165, 1.54) is 0 Å². The van der Waals surface area contributed by atoms with Crippen LogP contribution in [-0.2, 0) is 10.1 Å². The van der Waals surface area contributed by atoms with Crippen LogP contribution < -0.4 is 0 Å². The predicted molar refractivity (Wildman–Crippen MR) is 62.3 cm³/mol. The SMILES string of the molecule is CC(I)C(I)CCS(=O)(=O)O. The summed E-state index contributed by atoms with van der Waals surface area (Å²) in [4.78, 5) is 0. The van der Waals surface area contributed by atoms with E-state index in [9.17, 15) is 8.42 Å². The molecular weight excluding hydrogens is 394 g/mol. The van der Waals surface area contributed by atoms with E-state index >= 15 is 0 Å². The second-order valence-electron chi connectivity index (χ2n) is 2.27. The zero-order valence-corrected chi connectivity index (χ0v) is 11.1. The molecule has 0 aromatic heterocycles. The lowest BCUT2D eigenvalue weighted by molar-refractivity contribution is 0.481. The van der Waals surface area contributed by atoms with E-state index in [2.05, 4.69) is 45.2 Å². The lowest BCUT2D eigenvalue weighted by atomic mass is 10.3. The van der Waals surface area contributed by atoms with Crippen molar-refractivity contribution in [2.24, 2.45) is 0 Å². The standard InChI is InChI=1S/C5H10I2O3S/c1-4(6)5(7)2-3-11(8,9)10/h4-5H,2-3H2,1H3,(H,8,9,10). The second-order valence-corrected chi connectivity index (χ2v) is 7.41. The Morgan fingerprint density at radius 1 is 1.45 bits per heavy atom. The fraction of sp³-hybridized carbons (Fsp3) is 1.00. The van der Waals surface area contributed by atoms with Crippen molar-refractivity contribution in [3.05, 3.63) is 0 Å². The smallest absolute Gasteiger partial charge is 0.264 e. The molecule has 0 aliphatic carbocycles. The molecule has 0 saturated carbocycles. The molecular formula is C5H10I2O3S. The molecule has 3 nitrogen and oxygen atoms in total. The third-order valence-electron chi connectivity index (χ3n) is 1.15. The third-order valence-corrected chi connectivity index (χ3v) is 5.85. The molecule has 0 aromatic rings. The minimum Gasteiger partial charge on any atom is -0.286 e. The Kier molecular flexibility index (Phi) is 5.82. The van der Waals surface area contributed by atoms with E-state index in [4.69, 9.17) is 4.55 Å². The summed E-state index contributed by atoms with van der Waals surface area (Å²) in [6.07, 6.45) is 0.517. The van der Waals surface area contributed by atoms with Gasteiger partial charge in [-0.25, -0.2) is 0 Å². The third kappa shape index (κ3) is 7.72. The lowest BCUT2D eigenvalue weighted by Gasteiger charge is -2.09. The van der Waals surface area contributed by atoms with Gasteiger partial charge in [0.15, 0.2) is 0 Å². The number of rotatable bonds is 4. The molecule has 68 valence electrons. The second kappa shape index (κ2) is 5.18. The van der Waals surface area contributed by atoms with Crippen molar-refractivity contribution in [2.45, 2.75) is 21.2 Å². The van der Waals surface area contributed by atoms with Crippen LogP contribution in [0.4, 0.5) is 0 Å². The molecule has 11 heavy (non-hydrogen) atoms. The number of halogens is 2. The normalized spacial score (nSPS) is 17.8. The molecule has 0 aromatic carbocycles. The molecule has 0 bridgehead atoms. The van der Waals surface area contributed by atoms with Crippen molar-refractivity contribution in [1.29, 1.82) is 0 Å². The van der Waals surface area contributed by atoms with Gasteiger partial charge in [0.05, 0.1) is 5.75 Å². The van der Waals surface area contributed by atoms with Crippen molar-refractivity contribution >= 4 is 55.3 Å². The van der Waals surface area contributed by atoms with Crippen LogP contribution in [0, 0.1) is 0 Å². The molecule has 2 unspecified atom stereocenters. The highest BCUT2D eigenvalue weighted by Crippen LogP contribution is 2.18. The first kappa shape index (κ1) is 12.4. The van der Waals surface area contributed by atoms with Crippen molar-refractivity contribution in [3.63, 3.8) is 0 Å². The molecule has 0 aliphatic rings.